The monoisotopic (exact) mass is 210 g/mol. The van der Waals surface area contributed by atoms with Crippen LogP contribution in [0.1, 0.15) is 78.6 Å². The lowest BCUT2D eigenvalue weighted by atomic mass is 9.63. The van der Waals surface area contributed by atoms with Crippen molar-refractivity contribution in [3.8, 4) is 0 Å². The molecule has 0 N–H and O–H groups in total. The quantitative estimate of drug-likeness (QED) is 0.469. The van der Waals surface area contributed by atoms with Gasteiger partial charge in [0.15, 0.2) is 0 Å². The van der Waals surface area contributed by atoms with Gasteiger partial charge in [-0.25, -0.2) is 0 Å². The highest BCUT2D eigenvalue weighted by Crippen LogP contribution is 2.44. The van der Waals surface area contributed by atoms with Gasteiger partial charge in [0.25, 0.3) is 0 Å². The SMILES string of the molecule is CCCCCCCCC1CC(C)C1CC. The zero-order chi connectivity index (χ0) is 11.1. The maximum Gasteiger partial charge on any atom is -0.0362 e. The van der Waals surface area contributed by atoms with Crippen molar-refractivity contribution in [2.24, 2.45) is 17.8 Å². The smallest absolute Gasteiger partial charge is 0.0362 e. The van der Waals surface area contributed by atoms with Crippen LogP contribution in [-0.4, -0.2) is 0 Å². The number of hydrogen-bond acceptors (Lipinski definition) is 0. The molecule has 0 aromatic carbocycles. The first kappa shape index (κ1) is 13.1. The van der Waals surface area contributed by atoms with E-state index in [1.54, 1.807) is 0 Å². The van der Waals surface area contributed by atoms with Crippen LogP contribution in [0, 0.1) is 17.8 Å². The molecule has 3 unspecified atom stereocenters. The summed E-state index contributed by atoms with van der Waals surface area (Å²) >= 11 is 0. The molecule has 1 aliphatic carbocycles. The van der Waals surface area contributed by atoms with Crippen molar-refractivity contribution >= 4 is 0 Å². The van der Waals surface area contributed by atoms with Gasteiger partial charge in [-0.2, -0.15) is 0 Å². The van der Waals surface area contributed by atoms with Crippen LogP contribution in [0.4, 0.5) is 0 Å². The Morgan fingerprint density at radius 1 is 0.933 bits per heavy atom. The van der Waals surface area contributed by atoms with Gasteiger partial charge in [-0.1, -0.05) is 72.1 Å². The maximum absolute atomic E-state index is 2.44. The number of rotatable bonds is 8. The molecule has 15 heavy (non-hydrogen) atoms. The molecule has 0 spiro atoms. The van der Waals surface area contributed by atoms with E-state index < -0.39 is 0 Å². The van der Waals surface area contributed by atoms with Crippen LogP contribution in [0.25, 0.3) is 0 Å². The molecule has 1 fully saturated rings. The van der Waals surface area contributed by atoms with Crippen molar-refractivity contribution in [1.82, 2.24) is 0 Å². The standard InChI is InChI=1S/C15H30/c1-4-6-7-8-9-10-11-14-12-13(3)15(14)5-2/h13-15H,4-12H2,1-3H3. The van der Waals surface area contributed by atoms with E-state index in [0.717, 1.165) is 17.8 Å². The first-order chi connectivity index (χ1) is 7.29. The van der Waals surface area contributed by atoms with E-state index in [1.165, 1.54) is 57.8 Å². The van der Waals surface area contributed by atoms with Crippen molar-refractivity contribution in [3.63, 3.8) is 0 Å². The van der Waals surface area contributed by atoms with E-state index in [1.807, 2.05) is 0 Å². The Morgan fingerprint density at radius 3 is 2.20 bits per heavy atom. The Kier molecular flexibility index (Phi) is 6.36. The Bertz CT molecular complexity index is 150. The number of unbranched alkanes of at least 4 members (excludes halogenated alkanes) is 5. The van der Waals surface area contributed by atoms with Crippen molar-refractivity contribution in [1.29, 1.82) is 0 Å². The average Bonchev–Trinajstić information content (AvgIpc) is 2.22. The second-order valence-corrected chi connectivity index (χ2v) is 5.60. The second kappa shape index (κ2) is 7.30. The fourth-order valence-corrected chi connectivity index (χ4v) is 3.35. The van der Waals surface area contributed by atoms with Crippen molar-refractivity contribution in [3.05, 3.63) is 0 Å². The van der Waals surface area contributed by atoms with Gasteiger partial charge < -0.3 is 0 Å². The van der Waals surface area contributed by atoms with Crippen LogP contribution >= 0.6 is 0 Å². The van der Waals surface area contributed by atoms with Crippen LogP contribution in [-0.2, 0) is 0 Å². The van der Waals surface area contributed by atoms with Gasteiger partial charge in [-0.05, 0) is 24.2 Å². The summed E-state index contributed by atoms with van der Waals surface area (Å²) in [5, 5.41) is 0. The third kappa shape index (κ3) is 4.17. The summed E-state index contributed by atoms with van der Waals surface area (Å²) in [6, 6.07) is 0. The zero-order valence-electron chi connectivity index (χ0n) is 11.1. The van der Waals surface area contributed by atoms with E-state index >= 15 is 0 Å². The molecule has 0 aliphatic heterocycles. The topological polar surface area (TPSA) is 0 Å². The fraction of sp³-hybridized carbons (Fsp3) is 1.00. The highest BCUT2D eigenvalue weighted by Gasteiger charge is 2.35. The highest BCUT2D eigenvalue weighted by molar-refractivity contribution is 4.85. The second-order valence-electron chi connectivity index (χ2n) is 5.60. The van der Waals surface area contributed by atoms with E-state index in [9.17, 15) is 0 Å². The first-order valence-corrected chi connectivity index (χ1v) is 7.29. The summed E-state index contributed by atoms with van der Waals surface area (Å²) in [6.07, 6.45) is 13.2. The maximum atomic E-state index is 2.44. The molecule has 0 amide bonds. The minimum atomic E-state index is 1.03. The van der Waals surface area contributed by atoms with E-state index in [2.05, 4.69) is 20.8 Å². The molecule has 1 rings (SSSR count). The Labute approximate surface area is 96.8 Å². The van der Waals surface area contributed by atoms with Crippen molar-refractivity contribution < 1.29 is 0 Å². The Hall–Kier alpha value is 0. The Morgan fingerprint density at radius 2 is 1.60 bits per heavy atom. The summed E-state index contributed by atoms with van der Waals surface area (Å²) < 4.78 is 0. The van der Waals surface area contributed by atoms with Gasteiger partial charge in [-0.3, -0.25) is 0 Å². The summed E-state index contributed by atoms with van der Waals surface area (Å²) in [5.41, 5.74) is 0. The molecule has 1 saturated carbocycles. The van der Waals surface area contributed by atoms with Crippen LogP contribution in [0.2, 0.25) is 0 Å². The predicted molar refractivity (Wildman–Crippen MR) is 69.0 cm³/mol. The van der Waals surface area contributed by atoms with E-state index in [-0.39, 0.29) is 0 Å². The predicted octanol–water partition coefficient (Wildman–Crippen LogP) is 5.42. The molecule has 0 radical (unpaired) electrons. The van der Waals surface area contributed by atoms with Crippen molar-refractivity contribution in [2.45, 2.75) is 78.6 Å². The lowest BCUT2D eigenvalue weighted by molar-refractivity contribution is 0.0720. The minimum absolute atomic E-state index is 1.03. The minimum Gasteiger partial charge on any atom is -0.0654 e. The summed E-state index contributed by atoms with van der Waals surface area (Å²) in [6.45, 7) is 7.10. The lowest BCUT2D eigenvalue weighted by Crippen LogP contribution is -2.34. The van der Waals surface area contributed by atoms with Gasteiger partial charge in [-0.15, -0.1) is 0 Å². The molecule has 0 aromatic rings. The molecular weight excluding hydrogens is 180 g/mol. The van der Waals surface area contributed by atoms with Crippen LogP contribution < -0.4 is 0 Å². The molecule has 3 atom stereocenters. The summed E-state index contributed by atoms with van der Waals surface area (Å²) in [7, 11) is 0. The summed E-state index contributed by atoms with van der Waals surface area (Å²) in [5.74, 6) is 3.19. The normalized spacial score (nSPS) is 30.2. The third-order valence-corrected chi connectivity index (χ3v) is 4.41. The van der Waals surface area contributed by atoms with Crippen LogP contribution in [0.15, 0.2) is 0 Å². The highest BCUT2D eigenvalue weighted by atomic mass is 14.4. The van der Waals surface area contributed by atoms with Crippen LogP contribution in [0.3, 0.4) is 0 Å². The molecule has 1 aliphatic rings. The molecule has 0 heteroatoms. The van der Waals surface area contributed by atoms with E-state index in [4.69, 9.17) is 0 Å². The summed E-state index contributed by atoms with van der Waals surface area (Å²) in [4.78, 5) is 0. The van der Waals surface area contributed by atoms with Gasteiger partial charge in [0.1, 0.15) is 0 Å². The fourth-order valence-electron chi connectivity index (χ4n) is 3.35. The zero-order valence-corrected chi connectivity index (χ0v) is 11.1. The third-order valence-electron chi connectivity index (χ3n) is 4.41. The van der Waals surface area contributed by atoms with E-state index in [0.29, 0.717) is 0 Å². The van der Waals surface area contributed by atoms with Crippen molar-refractivity contribution in [2.75, 3.05) is 0 Å². The molecule has 0 nitrogen and oxygen atoms in total. The molecular formula is C15H30. The molecule has 0 heterocycles. The molecule has 0 bridgehead atoms. The van der Waals surface area contributed by atoms with Crippen LogP contribution in [0.5, 0.6) is 0 Å². The Balaban J connectivity index is 1.92. The average molecular weight is 210 g/mol. The van der Waals surface area contributed by atoms with Gasteiger partial charge in [0, 0.05) is 0 Å². The van der Waals surface area contributed by atoms with Gasteiger partial charge in [0.05, 0.1) is 0 Å². The number of hydrogen-bond donors (Lipinski definition) is 0. The molecule has 90 valence electrons. The van der Waals surface area contributed by atoms with Gasteiger partial charge >= 0.3 is 0 Å². The lowest BCUT2D eigenvalue weighted by Gasteiger charge is -2.43. The first-order valence-electron chi connectivity index (χ1n) is 7.29. The molecule has 0 aromatic heterocycles. The van der Waals surface area contributed by atoms with Gasteiger partial charge in [0.2, 0.25) is 0 Å². The molecule has 0 saturated heterocycles. The largest absolute Gasteiger partial charge is 0.0654 e.